The van der Waals surface area contributed by atoms with E-state index in [2.05, 4.69) is 16.5 Å². The van der Waals surface area contributed by atoms with Gasteiger partial charge < -0.3 is 10.1 Å². The molecule has 1 aliphatic carbocycles. The Bertz CT molecular complexity index is 395. The standard InChI is InChI=1S/C14H23N3O/c1-17-13(4-8-16-17)11-15-12-5-9-18-14(10-12)6-2-3-7-14/h4,8,12,15H,2-3,5-7,9-11H2,1H3. The van der Waals surface area contributed by atoms with Gasteiger partial charge in [0.05, 0.1) is 11.3 Å². The van der Waals surface area contributed by atoms with Crippen molar-refractivity contribution < 1.29 is 4.74 Å². The van der Waals surface area contributed by atoms with Gasteiger partial charge in [0.2, 0.25) is 0 Å². The zero-order chi connectivity index (χ0) is 12.4. The molecule has 4 nitrogen and oxygen atoms in total. The van der Waals surface area contributed by atoms with E-state index in [-0.39, 0.29) is 5.60 Å². The molecule has 1 spiro atoms. The maximum atomic E-state index is 6.06. The van der Waals surface area contributed by atoms with Crippen molar-refractivity contribution in [2.75, 3.05) is 6.61 Å². The molecule has 1 saturated heterocycles. The normalized spacial score (nSPS) is 26.8. The summed E-state index contributed by atoms with van der Waals surface area (Å²) < 4.78 is 8.00. The summed E-state index contributed by atoms with van der Waals surface area (Å²) in [6, 6.07) is 2.68. The fraction of sp³-hybridized carbons (Fsp3) is 0.786. The van der Waals surface area contributed by atoms with Crippen LogP contribution in [0.3, 0.4) is 0 Å². The molecule has 0 amide bonds. The Morgan fingerprint density at radius 3 is 3.06 bits per heavy atom. The zero-order valence-corrected chi connectivity index (χ0v) is 11.2. The van der Waals surface area contributed by atoms with Gasteiger partial charge in [0.25, 0.3) is 0 Å². The molecule has 1 aliphatic heterocycles. The van der Waals surface area contributed by atoms with Gasteiger partial charge in [-0.2, -0.15) is 5.10 Å². The zero-order valence-electron chi connectivity index (χ0n) is 11.2. The van der Waals surface area contributed by atoms with E-state index in [1.54, 1.807) is 0 Å². The molecule has 1 unspecified atom stereocenters. The lowest BCUT2D eigenvalue weighted by Crippen LogP contribution is -2.45. The Hall–Kier alpha value is -0.870. The molecule has 1 atom stereocenters. The third-order valence-corrected chi connectivity index (χ3v) is 4.50. The summed E-state index contributed by atoms with van der Waals surface area (Å²) in [6.45, 7) is 1.83. The summed E-state index contributed by atoms with van der Waals surface area (Å²) in [4.78, 5) is 0. The molecular formula is C14H23N3O. The van der Waals surface area contributed by atoms with Crippen LogP contribution in [0.5, 0.6) is 0 Å². The van der Waals surface area contributed by atoms with Crippen LogP contribution in [-0.2, 0) is 18.3 Å². The van der Waals surface area contributed by atoms with E-state index < -0.39 is 0 Å². The molecule has 1 saturated carbocycles. The average molecular weight is 249 g/mol. The van der Waals surface area contributed by atoms with Crippen molar-refractivity contribution in [3.05, 3.63) is 18.0 Å². The van der Waals surface area contributed by atoms with Crippen molar-refractivity contribution in [1.29, 1.82) is 0 Å². The van der Waals surface area contributed by atoms with Crippen LogP contribution in [0, 0.1) is 0 Å². The molecule has 0 radical (unpaired) electrons. The van der Waals surface area contributed by atoms with Gasteiger partial charge in [0, 0.05) is 32.4 Å². The van der Waals surface area contributed by atoms with Crippen LogP contribution in [0.2, 0.25) is 0 Å². The fourth-order valence-corrected chi connectivity index (χ4v) is 3.39. The van der Waals surface area contributed by atoms with Gasteiger partial charge in [-0.25, -0.2) is 0 Å². The maximum absolute atomic E-state index is 6.06. The Morgan fingerprint density at radius 2 is 2.33 bits per heavy atom. The van der Waals surface area contributed by atoms with E-state index in [1.165, 1.54) is 37.8 Å². The monoisotopic (exact) mass is 249 g/mol. The molecule has 2 aliphatic rings. The molecular weight excluding hydrogens is 226 g/mol. The highest BCUT2D eigenvalue weighted by molar-refractivity contribution is 5.00. The Balaban J connectivity index is 1.55. The lowest BCUT2D eigenvalue weighted by Gasteiger charge is -2.38. The SMILES string of the molecule is Cn1nccc1CNC1CCOC2(CCCC2)C1. The molecule has 100 valence electrons. The first-order valence-corrected chi connectivity index (χ1v) is 7.12. The van der Waals surface area contributed by atoms with Gasteiger partial charge in [-0.05, 0) is 31.7 Å². The average Bonchev–Trinajstić information content (AvgIpc) is 2.97. The van der Waals surface area contributed by atoms with Gasteiger partial charge >= 0.3 is 0 Å². The van der Waals surface area contributed by atoms with Crippen molar-refractivity contribution in [3.8, 4) is 0 Å². The minimum atomic E-state index is 0.211. The van der Waals surface area contributed by atoms with Crippen molar-refractivity contribution in [1.82, 2.24) is 15.1 Å². The van der Waals surface area contributed by atoms with E-state index in [4.69, 9.17) is 4.74 Å². The minimum Gasteiger partial charge on any atom is -0.375 e. The lowest BCUT2D eigenvalue weighted by atomic mass is 9.89. The van der Waals surface area contributed by atoms with Crippen molar-refractivity contribution in [2.24, 2.45) is 7.05 Å². The highest BCUT2D eigenvalue weighted by Gasteiger charge is 2.39. The fourth-order valence-electron chi connectivity index (χ4n) is 3.39. The number of ether oxygens (including phenoxy) is 1. The number of nitrogens with one attached hydrogen (secondary N) is 1. The van der Waals surface area contributed by atoms with Crippen LogP contribution in [0.25, 0.3) is 0 Å². The predicted octanol–water partition coefficient (Wildman–Crippen LogP) is 2.00. The highest BCUT2D eigenvalue weighted by Crippen LogP contribution is 2.39. The van der Waals surface area contributed by atoms with Crippen molar-refractivity contribution in [2.45, 2.75) is 56.7 Å². The molecule has 1 aromatic heterocycles. The summed E-state index contributed by atoms with van der Waals surface area (Å²) in [6.07, 6.45) is 9.39. The minimum absolute atomic E-state index is 0.211. The largest absolute Gasteiger partial charge is 0.375 e. The second-order valence-electron chi connectivity index (χ2n) is 5.76. The number of nitrogens with zero attached hydrogens (tertiary/aromatic N) is 2. The lowest BCUT2D eigenvalue weighted by molar-refractivity contribution is -0.0838. The molecule has 18 heavy (non-hydrogen) atoms. The quantitative estimate of drug-likeness (QED) is 0.890. The van der Waals surface area contributed by atoms with Crippen LogP contribution >= 0.6 is 0 Å². The molecule has 0 bridgehead atoms. The van der Waals surface area contributed by atoms with Crippen molar-refractivity contribution >= 4 is 0 Å². The first-order valence-electron chi connectivity index (χ1n) is 7.12. The number of aryl methyl sites for hydroxylation is 1. The summed E-state index contributed by atoms with van der Waals surface area (Å²) in [5.74, 6) is 0. The van der Waals surface area contributed by atoms with Gasteiger partial charge in [-0.15, -0.1) is 0 Å². The second kappa shape index (κ2) is 5.02. The van der Waals surface area contributed by atoms with E-state index in [1.807, 2.05) is 17.9 Å². The van der Waals surface area contributed by atoms with Crippen LogP contribution in [0.1, 0.15) is 44.2 Å². The molecule has 1 aromatic rings. The Morgan fingerprint density at radius 1 is 1.50 bits per heavy atom. The predicted molar refractivity (Wildman–Crippen MR) is 70.2 cm³/mol. The number of aromatic nitrogens is 2. The van der Waals surface area contributed by atoms with Gasteiger partial charge in [-0.3, -0.25) is 4.68 Å². The van der Waals surface area contributed by atoms with E-state index in [9.17, 15) is 0 Å². The van der Waals surface area contributed by atoms with E-state index in [0.29, 0.717) is 6.04 Å². The number of rotatable bonds is 3. The first kappa shape index (κ1) is 12.2. The molecule has 2 fully saturated rings. The Kier molecular flexibility index (Phi) is 3.39. The molecule has 4 heteroatoms. The maximum Gasteiger partial charge on any atom is 0.0697 e. The topological polar surface area (TPSA) is 39.1 Å². The molecule has 2 heterocycles. The van der Waals surface area contributed by atoms with Gasteiger partial charge in [0.15, 0.2) is 0 Å². The third-order valence-electron chi connectivity index (χ3n) is 4.50. The Labute approximate surface area is 109 Å². The van der Waals surface area contributed by atoms with Crippen LogP contribution in [0.15, 0.2) is 12.3 Å². The number of hydrogen-bond donors (Lipinski definition) is 1. The highest BCUT2D eigenvalue weighted by atomic mass is 16.5. The summed E-state index contributed by atoms with van der Waals surface area (Å²) in [7, 11) is 2.00. The van der Waals surface area contributed by atoms with Gasteiger partial charge in [-0.1, -0.05) is 12.8 Å². The summed E-state index contributed by atoms with van der Waals surface area (Å²) >= 11 is 0. The summed E-state index contributed by atoms with van der Waals surface area (Å²) in [5.41, 5.74) is 1.46. The molecule has 0 aromatic carbocycles. The number of hydrogen-bond acceptors (Lipinski definition) is 3. The summed E-state index contributed by atoms with van der Waals surface area (Å²) in [5, 5.41) is 7.88. The first-order chi connectivity index (χ1) is 8.77. The van der Waals surface area contributed by atoms with Gasteiger partial charge in [0.1, 0.15) is 0 Å². The van der Waals surface area contributed by atoms with E-state index >= 15 is 0 Å². The second-order valence-corrected chi connectivity index (χ2v) is 5.76. The van der Waals surface area contributed by atoms with Crippen LogP contribution in [-0.4, -0.2) is 28.0 Å². The van der Waals surface area contributed by atoms with Crippen LogP contribution < -0.4 is 5.32 Å². The third kappa shape index (κ3) is 2.45. The van der Waals surface area contributed by atoms with Crippen LogP contribution in [0.4, 0.5) is 0 Å². The smallest absolute Gasteiger partial charge is 0.0697 e. The molecule has 1 N–H and O–H groups in total. The molecule has 3 rings (SSSR count). The van der Waals surface area contributed by atoms with Crippen molar-refractivity contribution in [3.63, 3.8) is 0 Å². The van der Waals surface area contributed by atoms with E-state index in [0.717, 1.165) is 19.6 Å².